The predicted octanol–water partition coefficient (Wildman–Crippen LogP) is -1.82. The van der Waals surface area contributed by atoms with Gasteiger partial charge < -0.3 is 16.0 Å². The van der Waals surface area contributed by atoms with Crippen LogP contribution in [0.25, 0.3) is 0 Å². The third kappa shape index (κ3) is 2.63. The highest BCUT2D eigenvalue weighted by Gasteiger charge is 2.39. The predicted molar refractivity (Wildman–Crippen MR) is 58.9 cm³/mol. The van der Waals surface area contributed by atoms with Crippen LogP contribution in [0.1, 0.15) is 0 Å². The van der Waals surface area contributed by atoms with E-state index in [1.165, 1.54) is 0 Å². The van der Waals surface area contributed by atoms with Crippen LogP contribution in [0.3, 0.4) is 0 Å². The van der Waals surface area contributed by atoms with Crippen molar-refractivity contribution < 1.29 is 11.6 Å². The van der Waals surface area contributed by atoms with Gasteiger partial charge >= 0.3 is 0 Å². The molecule has 2 saturated heterocycles. The van der Waals surface area contributed by atoms with Gasteiger partial charge in [0.25, 0.3) is 0 Å². The number of nitrogens with two attached hydrogens (primary N) is 1. The molecule has 3 N–H and O–H groups in total. The first kappa shape index (κ1) is 11.6. The fourth-order valence-electron chi connectivity index (χ4n) is 2.54. The standard InChI is InChI=1S/C10H22ClN4/c1-14-2-4-15(5-3-14)10-8(11)6-13-7-9(10)12/h8-11,13H,2-7,12H2,1H3/q+1. The van der Waals surface area contributed by atoms with Crippen molar-refractivity contribution in [3.05, 3.63) is 0 Å². The first-order valence-electron chi connectivity index (χ1n) is 5.73. The summed E-state index contributed by atoms with van der Waals surface area (Å²) in [5, 5.41) is 3.56. The van der Waals surface area contributed by atoms with Crippen molar-refractivity contribution in [3.8, 4) is 0 Å². The highest BCUT2D eigenvalue weighted by atomic mass is 35.5. The number of piperazine rings is 1. The lowest BCUT2D eigenvalue weighted by Gasteiger charge is -2.42. The Labute approximate surface area is 96.7 Å². The average Bonchev–Trinajstić information content (AvgIpc) is 2.20. The zero-order chi connectivity index (χ0) is 10.8. The van der Waals surface area contributed by atoms with Gasteiger partial charge in [0.05, 0.1) is 12.6 Å². The number of hydrogen-bond donors (Lipinski definition) is 2. The molecule has 2 aliphatic rings. The molecule has 0 saturated carbocycles. The third-order valence-electron chi connectivity index (χ3n) is 3.50. The summed E-state index contributed by atoms with van der Waals surface area (Å²) < 4.78 is 0. The average molecular weight is 234 g/mol. The molecule has 2 aliphatic heterocycles. The van der Waals surface area contributed by atoms with E-state index in [0.29, 0.717) is 6.04 Å². The molecule has 0 aromatic carbocycles. The Kier molecular flexibility index (Phi) is 3.85. The fraction of sp³-hybridized carbons (Fsp3) is 1.00. The second-order valence-electron chi connectivity index (χ2n) is 4.69. The molecule has 0 aromatic rings. The molecule has 4 nitrogen and oxygen atoms in total. The Hall–Kier alpha value is 0.130. The van der Waals surface area contributed by atoms with Crippen LogP contribution in [0.5, 0.6) is 0 Å². The number of nitrogens with one attached hydrogen (secondary N) is 1. The summed E-state index contributed by atoms with van der Waals surface area (Å²) in [6.45, 7) is 6.34. The van der Waals surface area contributed by atoms with E-state index < -0.39 is 0 Å². The Morgan fingerprint density at radius 2 is 1.87 bits per heavy atom. The van der Waals surface area contributed by atoms with Crippen LogP contribution in [0.2, 0.25) is 0 Å². The van der Waals surface area contributed by atoms with Crippen LogP contribution in [0.15, 0.2) is 0 Å². The summed E-state index contributed by atoms with van der Waals surface area (Å²) in [7, 11) is 2.17. The van der Waals surface area contributed by atoms with Crippen molar-refractivity contribution in [3.63, 3.8) is 0 Å². The Morgan fingerprint density at radius 1 is 1.20 bits per heavy atom. The lowest BCUT2D eigenvalue weighted by molar-refractivity contribution is -0.433. The molecule has 0 aromatic heterocycles. The molecule has 0 spiro atoms. The van der Waals surface area contributed by atoms with E-state index >= 15 is 0 Å². The highest BCUT2D eigenvalue weighted by Crippen LogP contribution is 2.14. The monoisotopic (exact) mass is 233 g/mol. The summed E-state index contributed by atoms with van der Waals surface area (Å²) in [6, 6.07) is 0.597. The van der Waals surface area contributed by atoms with E-state index in [2.05, 4.69) is 22.2 Å². The van der Waals surface area contributed by atoms with E-state index in [1.54, 1.807) is 0 Å². The summed E-state index contributed by atoms with van der Waals surface area (Å²) >= 11 is 5.50. The molecule has 2 heterocycles. The minimum atomic E-state index is 0.199. The molecule has 15 heavy (non-hydrogen) atoms. The van der Waals surface area contributed by atoms with Crippen molar-refractivity contribution in [1.82, 2.24) is 15.1 Å². The maximum absolute atomic E-state index is 6.15. The van der Waals surface area contributed by atoms with Crippen LogP contribution in [0.4, 0.5) is 0 Å². The second kappa shape index (κ2) is 4.97. The van der Waals surface area contributed by atoms with Crippen LogP contribution in [0, 0.1) is 11.6 Å². The molecule has 0 amide bonds. The minimum absolute atomic E-state index is 0.199. The second-order valence-corrected chi connectivity index (χ2v) is 5.30. The van der Waals surface area contributed by atoms with Gasteiger partial charge in [0.1, 0.15) is 11.6 Å². The number of halogens is 1. The molecule has 0 radical (unpaired) electrons. The van der Waals surface area contributed by atoms with E-state index in [-0.39, 0.29) is 11.4 Å². The number of hydrogen-bond acceptors (Lipinski definition) is 4. The number of likely N-dealkylation sites (N-methyl/N-ethyl adjacent to an activating group) is 1. The zero-order valence-electron chi connectivity index (χ0n) is 9.35. The molecule has 88 valence electrons. The molecule has 0 bridgehead atoms. The molecule has 0 aliphatic carbocycles. The normalized spacial score (nSPS) is 40.6. The number of nitrogens with zero attached hydrogens (tertiary/aromatic N) is 2. The topological polar surface area (TPSA) is 44.5 Å². The van der Waals surface area contributed by atoms with Crippen LogP contribution in [-0.4, -0.2) is 73.6 Å². The SMILES string of the molecule is CN1CCN(C2C(N)CNCC2[ClH+])CC1. The number of rotatable bonds is 1. The van der Waals surface area contributed by atoms with Crippen LogP contribution in [-0.2, 0) is 0 Å². The number of alkyl halides is 1. The Bertz CT molecular complexity index is 196. The zero-order valence-corrected chi connectivity index (χ0v) is 10.2. The smallest absolute Gasteiger partial charge is 0.208 e. The number of piperidine rings is 1. The first-order valence-corrected chi connectivity index (χ1v) is 6.20. The van der Waals surface area contributed by atoms with Gasteiger partial charge in [-0.3, -0.25) is 4.90 Å². The van der Waals surface area contributed by atoms with E-state index in [1.807, 2.05) is 0 Å². The molecule has 3 unspecified atom stereocenters. The molecular weight excluding hydrogens is 212 g/mol. The fourth-order valence-corrected chi connectivity index (χ4v) is 3.03. The third-order valence-corrected chi connectivity index (χ3v) is 3.95. The van der Waals surface area contributed by atoms with Crippen molar-refractivity contribution >= 4 is 0 Å². The molecule has 2 rings (SSSR count). The minimum Gasteiger partial charge on any atom is -0.325 e. The molecular formula is C10H22ClN4+. The van der Waals surface area contributed by atoms with Crippen molar-refractivity contribution in [1.29, 1.82) is 0 Å². The summed E-state index contributed by atoms with van der Waals surface area (Å²) in [5.74, 6) is 0. The van der Waals surface area contributed by atoms with E-state index in [4.69, 9.17) is 17.3 Å². The van der Waals surface area contributed by atoms with Gasteiger partial charge in [0.15, 0.2) is 0 Å². The first-order chi connectivity index (χ1) is 7.18. The van der Waals surface area contributed by atoms with Gasteiger partial charge in [-0.2, -0.15) is 0 Å². The van der Waals surface area contributed by atoms with Gasteiger partial charge in [-0.1, -0.05) is 0 Å². The van der Waals surface area contributed by atoms with Crippen molar-refractivity contribution in [2.75, 3.05) is 46.3 Å². The maximum atomic E-state index is 6.15. The van der Waals surface area contributed by atoms with E-state index in [0.717, 1.165) is 39.3 Å². The highest BCUT2D eigenvalue weighted by molar-refractivity contribution is 4.94. The summed E-state index contributed by atoms with van der Waals surface area (Å²) in [5.41, 5.74) is 6.15. The van der Waals surface area contributed by atoms with Crippen LogP contribution >= 0.6 is 0 Å². The van der Waals surface area contributed by atoms with Gasteiger partial charge in [-0.05, 0) is 7.05 Å². The van der Waals surface area contributed by atoms with Gasteiger partial charge in [-0.15, -0.1) is 0 Å². The van der Waals surface area contributed by atoms with Gasteiger partial charge in [0.2, 0.25) is 5.38 Å². The molecule has 2 fully saturated rings. The van der Waals surface area contributed by atoms with Crippen molar-refractivity contribution in [2.45, 2.75) is 17.5 Å². The Morgan fingerprint density at radius 3 is 2.47 bits per heavy atom. The maximum Gasteiger partial charge on any atom is 0.208 e. The summed E-state index contributed by atoms with van der Waals surface area (Å²) in [6.07, 6.45) is 0. The van der Waals surface area contributed by atoms with Crippen LogP contribution < -0.4 is 11.1 Å². The van der Waals surface area contributed by atoms with E-state index in [9.17, 15) is 0 Å². The largest absolute Gasteiger partial charge is 0.325 e. The Balaban J connectivity index is 1.95. The lowest BCUT2D eigenvalue weighted by atomic mass is 9.98. The van der Waals surface area contributed by atoms with Gasteiger partial charge in [-0.25, -0.2) is 0 Å². The lowest BCUT2D eigenvalue weighted by Crippen LogP contribution is -2.65. The van der Waals surface area contributed by atoms with Gasteiger partial charge in [0, 0.05) is 38.8 Å². The molecule has 3 atom stereocenters. The van der Waals surface area contributed by atoms with Crippen molar-refractivity contribution in [2.24, 2.45) is 5.73 Å². The summed E-state index contributed by atoms with van der Waals surface area (Å²) in [4.78, 5) is 4.85. The molecule has 5 heteroatoms. The quantitative estimate of drug-likeness (QED) is 0.524.